The van der Waals surface area contributed by atoms with Gasteiger partial charge in [-0.25, -0.2) is 4.79 Å². The second-order valence-corrected chi connectivity index (χ2v) is 6.84. The molecule has 0 bridgehead atoms. The Morgan fingerprint density at radius 3 is 2.52 bits per heavy atom. The summed E-state index contributed by atoms with van der Waals surface area (Å²) in [5.41, 5.74) is 1.25. The van der Waals surface area contributed by atoms with Crippen molar-refractivity contribution >= 4 is 16.8 Å². The molecule has 3 aromatic rings. The van der Waals surface area contributed by atoms with E-state index in [0.717, 1.165) is 0 Å². The van der Waals surface area contributed by atoms with E-state index in [1.54, 1.807) is 26.0 Å². The zero-order valence-corrected chi connectivity index (χ0v) is 15.4. The maximum atomic E-state index is 12.9. The number of Topliss-reactive ketones (excluding diaryl/α,β-unsaturated/α-hetero) is 1. The van der Waals surface area contributed by atoms with Crippen LogP contribution in [0.1, 0.15) is 39.6 Å². The summed E-state index contributed by atoms with van der Waals surface area (Å²) in [6, 6.07) is 8.41. The van der Waals surface area contributed by atoms with Gasteiger partial charge in [0.25, 0.3) is 0 Å². The van der Waals surface area contributed by atoms with Crippen LogP contribution in [0.2, 0.25) is 0 Å². The summed E-state index contributed by atoms with van der Waals surface area (Å²) in [6.07, 6.45) is -6.01. The van der Waals surface area contributed by atoms with Crippen LogP contribution in [-0.4, -0.2) is 12.1 Å². The largest absolute Gasteiger partial charge is 0.573 e. The van der Waals surface area contributed by atoms with Crippen LogP contribution in [-0.2, 0) is 0 Å². The van der Waals surface area contributed by atoms with Crippen LogP contribution in [0.3, 0.4) is 0 Å². The van der Waals surface area contributed by atoms with Crippen molar-refractivity contribution in [3.05, 3.63) is 69.1 Å². The number of alkyl halides is 3. The number of aryl methyl sites for hydroxylation is 2. The van der Waals surface area contributed by atoms with Gasteiger partial charge in [-0.15, -0.1) is 13.2 Å². The van der Waals surface area contributed by atoms with Crippen LogP contribution < -0.4 is 15.1 Å². The molecule has 2 aromatic carbocycles. The third-order valence-electron chi connectivity index (χ3n) is 4.78. The van der Waals surface area contributed by atoms with Crippen LogP contribution in [0.5, 0.6) is 11.5 Å². The molecule has 1 aliphatic rings. The maximum Gasteiger partial charge on any atom is 0.573 e. The number of carbonyl (C=O) groups excluding carboxylic acids is 1. The van der Waals surface area contributed by atoms with Gasteiger partial charge in [0.15, 0.2) is 5.78 Å². The van der Waals surface area contributed by atoms with Crippen molar-refractivity contribution in [2.45, 2.75) is 32.7 Å². The van der Waals surface area contributed by atoms with Crippen LogP contribution in [0.25, 0.3) is 11.0 Å². The second-order valence-electron chi connectivity index (χ2n) is 6.84. The Labute approximate surface area is 162 Å². The van der Waals surface area contributed by atoms with E-state index in [2.05, 4.69) is 4.74 Å². The first-order valence-corrected chi connectivity index (χ1v) is 8.76. The molecular weight excluding hydrogens is 389 g/mol. The molecule has 29 heavy (non-hydrogen) atoms. The monoisotopic (exact) mass is 404 g/mol. The lowest BCUT2D eigenvalue weighted by atomic mass is 9.91. The molecule has 0 saturated carbocycles. The standard InChI is InChI=1S/C21H15F3O5/c1-10-7-16-19(11(2)8-17(26)27-16)20-18(10)13(25)9-15(28-20)12-5-3-4-6-14(12)29-21(22,23)24/h3-8,15H,9H2,1-2H3/t15-/m0/s1. The highest BCUT2D eigenvalue weighted by atomic mass is 19.4. The zero-order chi connectivity index (χ0) is 20.9. The Morgan fingerprint density at radius 1 is 1.07 bits per heavy atom. The molecule has 1 atom stereocenters. The third kappa shape index (κ3) is 3.46. The molecule has 0 radical (unpaired) electrons. The SMILES string of the molecule is Cc1cc2oc(=O)cc(C)c2c2c1C(=O)C[C@@H](c1ccccc1OC(F)(F)F)O2. The van der Waals surface area contributed by atoms with Crippen LogP contribution in [0.4, 0.5) is 13.2 Å². The summed E-state index contributed by atoms with van der Waals surface area (Å²) in [5.74, 6) is -0.506. The molecule has 5 nitrogen and oxygen atoms in total. The Morgan fingerprint density at radius 2 is 1.79 bits per heavy atom. The summed E-state index contributed by atoms with van der Waals surface area (Å²) in [6.45, 7) is 3.36. The maximum absolute atomic E-state index is 12.9. The topological polar surface area (TPSA) is 65.7 Å². The quantitative estimate of drug-likeness (QED) is 0.562. The number of ether oxygens (including phenoxy) is 2. The number of halogens is 3. The third-order valence-corrected chi connectivity index (χ3v) is 4.78. The lowest BCUT2D eigenvalue weighted by Gasteiger charge is -2.29. The lowest BCUT2D eigenvalue weighted by molar-refractivity contribution is -0.275. The first-order chi connectivity index (χ1) is 13.6. The van der Waals surface area contributed by atoms with Gasteiger partial charge in [0.2, 0.25) is 0 Å². The van der Waals surface area contributed by atoms with Gasteiger partial charge in [-0.1, -0.05) is 18.2 Å². The van der Waals surface area contributed by atoms with Crippen LogP contribution in [0, 0.1) is 13.8 Å². The Kier molecular flexibility index (Phi) is 4.37. The highest BCUT2D eigenvalue weighted by Gasteiger charge is 2.36. The normalized spacial score (nSPS) is 16.4. The van der Waals surface area contributed by atoms with Crippen LogP contribution in [0.15, 0.2) is 45.6 Å². The summed E-state index contributed by atoms with van der Waals surface area (Å²) < 4.78 is 53.7. The summed E-state index contributed by atoms with van der Waals surface area (Å²) >= 11 is 0. The molecular formula is C21H15F3O5. The van der Waals surface area contributed by atoms with Gasteiger partial charge < -0.3 is 13.9 Å². The number of fused-ring (bicyclic) bond motifs is 3. The van der Waals surface area contributed by atoms with Gasteiger partial charge in [-0.05, 0) is 37.1 Å². The van der Waals surface area contributed by atoms with Crippen molar-refractivity contribution in [2.24, 2.45) is 0 Å². The average Bonchev–Trinajstić information content (AvgIpc) is 2.59. The lowest BCUT2D eigenvalue weighted by Crippen LogP contribution is -2.24. The van der Waals surface area contributed by atoms with Crippen molar-refractivity contribution < 1.29 is 31.9 Å². The number of hydrogen-bond acceptors (Lipinski definition) is 5. The highest BCUT2D eigenvalue weighted by molar-refractivity contribution is 6.07. The van der Waals surface area contributed by atoms with E-state index < -0.39 is 23.8 Å². The van der Waals surface area contributed by atoms with E-state index in [0.29, 0.717) is 22.1 Å². The van der Waals surface area contributed by atoms with E-state index >= 15 is 0 Å². The molecule has 0 saturated heterocycles. The fourth-order valence-corrected chi connectivity index (χ4v) is 3.65. The number of benzene rings is 2. The van der Waals surface area contributed by atoms with E-state index in [9.17, 15) is 22.8 Å². The van der Waals surface area contributed by atoms with Crippen molar-refractivity contribution in [3.63, 3.8) is 0 Å². The molecule has 0 spiro atoms. The molecule has 1 aliphatic heterocycles. The Bertz CT molecular complexity index is 1190. The number of rotatable bonds is 2. The summed E-state index contributed by atoms with van der Waals surface area (Å²) in [7, 11) is 0. The number of para-hydroxylation sites is 1. The first kappa shape index (κ1) is 19.0. The minimum Gasteiger partial charge on any atom is -0.484 e. The van der Waals surface area contributed by atoms with Crippen molar-refractivity contribution in [3.8, 4) is 11.5 Å². The smallest absolute Gasteiger partial charge is 0.484 e. The zero-order valence-electron chi connectivity index (χ0n) is 15.4. The molecule has 2 heterocycles. The fraction of sp³-hybridized carbons (Fsp3) is 0.238. The van der Waals surface area contributed by atoms with Crippen molar-refractivity contribution in [1.29, 1.82) is 0 Å². The van der Waals surface area contributed by atoms with Gasteiger partial charge in [-0.3, -0.25) is 4.79 Å². The molecule has 0 unspecified atom stereocenters. The predicted octanol–water partition coefficient (Wildman–Crippen LogP) is 5.01. The van der Waals surface area contributed by atoms with E-state index in [-0.39, 0.29) is 29.1 Å². The minimum atomic E-state index is -4.88. The average molecular weight is 404 g/mol. The number of hydrogen-bond donors (Lipinski definition) is 0. The molecule has 0 aliphatic carbocycles. The predicted molar refractivity (Wildman–Crippen MR) is 97.4 cm³/mol. The van der Waals surface area contributed by atoms with Gasteiger partial charge in [-0.2, -0.15) is 0 Å². The van der Waals surface area contributed by atoms with Gasteiger partial charge in [0.05, 0.1) is 17.4 Å². The Balaban J connectivity index is 1.88. The molecule has 0 amide bonds. The second kappa shape index (κ2) is 6.65. The van der Waals surface area contributed by atoms with Crippen LogP contribution >= 0.6 is 0 Å². The minimum absolute atomic E-state index is 0.105. The van der Waals surface area contributed by atoms with E-state index in [1.165, 1.54) is 24.3 Å². The molecule has 0 N–H and O–H groups in total. The first-order valence-electron chi connectivity index (χ1n) is 8.76. The molecule has 8 heteroatoms. The number of ketones is 1. The van der Waals surface area contributed by atoms with Gasteiger partial charge in [0.1, 0.15) is 23.2 Å². The van der Waals surface area contributed by atoms with Crippen molar-refractivity contribution in [1.82, 2.24) is 0 Å². The molecule has 1 aromatic heterocycles. The number of carbonyl (C=O) groups is 1. The van der Waals surface area contributed by atoms with E-state index in [4.69, 9.17) is 9.15 Å². The Hall–Kier alpha value is -3.29. The molecule has 0 fully saturated rings. The fourth-order valence-electron chi connectivity index (χ4n) is 3.65. The summed E-state index contributed by atoms with van der Waals surface area (Å²) in [4.78, 5) is 24.6. The van der Waals surface area contributed by atoms with Gasteiger partial charge in [0, 0.05) is 11.6 Å². The molecule has 4 rings (SSSR count). The van der Waals surface area contributed by atoms with Gasteiger partial charge >= 0.3 is 12.0 Å². The highest BCUT2D eigenvalue weighted by Crippen LogP contribution is 2.44. The van der Waals surface area contributed by atoms with E-state index in [1.807, 2.05) is 0 Å². The molecule has 150 valence electrons. The van der Waals surface area contributed by atoms with Crippen molar-refractivity contribution in [2.75, 3.05) is 0 Å². The summed E-state index contributed by atoms with van der Waals surface area (Å²) in [5, 5.41) is 0.442.